The maximum absolute atomic E-state index is 12.6. The number of carboxylic acids is 1. The van der Waals surface area contributed by atoms with Gasteiger partial charge in [0.1, 0.15) is 0 Å². The lowest BCUT2D eigenvalue weighted by atomic mass is 9.81. The summed E-state index contributed by atoms with van der Waals surface area (Å²) in [5.74, 6) is -0.716. The minimum absolute atomic E-state index is 0.0601. The number of hydrogen-bond acceptors (Lipinski definition) is 3. The smallest absolute Gasteiger partial charge is 0.317 e. The lowest BCUT2D eigenvalue weighted by molar-refractivity contribution is -0.149. The Hall–Kier alpha value is -1.89. The number of carboxylic acid groups (broad SMARTS) is 1. The summed E-state index contributed by atoms with van der Waals surface area (Å²) in [6.07, 6.45) is 4.08. The lowest BCUT2D eigenvalue weighted by Gasteiger charge is -2.24. The SMILES string of the molecule is CC(NC(=O)N1C[C@@H]2CCC[C@@]2(C(=O)O)C1)c1ccc(S(C)=O)cc1. The molecule has 1 aromatic carbocycles. The van der Waals surface area contributed by atoms with E-state index in [-0.39, 0.29) is 18.0 Å². The van der Waals surface area contributed by atoms with Crippen LogP contribution in [0.25, 0.3) is 0 Å². The van der Waals surface area contributed by atoms with E-state index in [4.69, 9.17) is 0 Å². The number of fused-ring (bicyclic) bond motifs is 1. The van der Waals surface area contributed by atoms with Crippen LogP contribution in [0.15, 0.2) is 29.2 Å². The molecule has 1 saturated carbocycles. The van der Waals surface area contributed by atoms with E-state index >= 15 is 0 Å². The number of benzene rings is 1. The van der Waals surface area contributed by atoms with Crippen LogP contribution >= 0.6 is 0 Å². The van der Waals surface area contributed by atoms with Gasteiger partial charge in [-0.25, -0.2) is 4.79 Å². The Labute approximate surface area is 150 Å². The fourth-order valence-electron chi connectivity index (χ4n) is 4.10. The van der Waals surface area contributed by atoms with Crippen LogP contribution < -0.4 is 5.32 Å². The van der Waals surface area contributed by atoms with E-state index in [0.717, 1.165) is 23.3 Å². The van der Waals surface area contributed by atoms with Gasteiger partial charge in [-0.05, 0) is 43.4 Å². The molecule has 2 amide bonds. The first-order chi connectivity index (χ1) is 11.8. The highest BCUT2D eigenvalue weighted by atomic mass is 32.2. The van der Waals surface area contributed by atoms with E-state index in [0.29, 0.717) is 19.5 Å². The van der Waals surface area contributed by atoms with Crippen LogP contribution in [-0.4, -0.2) is 45.6 Å². The molecule has 6 nitrogen and oxygen atoms in total. The molecule has 1 saturated heterocycles. The van der Waals surface area contributed by atoms with Gasteiger partial charge in [0.25, 0.3) is 0 Å². The Morgan fingerprint density at radius 2 is 2.04 bits per heavy atom. The van der Waals surface area contributed by atoms with Crippen molar-refractivity contribution in [3.63, 3.8) is 0 Å². The molecule has 4 atom stereocenters. The van der Waals surface area contributed by atoms with Gasteiger partial charge in [0.05, 0.1) is 11.5 Å². The lowest BCUT2D eigenvalue weighted by Crippen LogP contribution is -2.42. The Bertz CT molecular complexity index is 706. The van der Waals surface area contributed by atoms with Crippen LogP contribution in [0.5, 0.6) is 0 Å². The predicted molar refractivity (Wildman–Crippen MR) is 94.7 cm³/mol. The molecule has 2 N–H and O–H groups in total. The highest BCUT2D eigenvalue weighted by molar-refractivity contribution is 7.84. The molecule has 0 bridgehead atoms. The van der Waals surface area contributed by atoms with Gasteiger partial charge in [0.2, 0.25) is 0 Å². The number of amides is 2. The highest BCUT2D eigenvalue weighted by Gasteiger charge is 2.55. The summed E-state index contributed by atoms with van der Waals surface area (Å²) in [4.78, 5) is 26.7. The van der Waals surface area contributed by atoms with Crippen LogP contribution in [0.1, 0.15) is 37.8 Å². The minimum atomic E-state index is -1.03. The summed E-state index contributed by atoms with van der Waals surface area (Å²) in [6, 6.07) is 6.90. The van der Waals surface area contributed by atoms with Crippen molar-refractivity contribution in [1.82, 2.24) is 10.2 Å². The topological polar surface area (TPSA) is 86.7 Å². The van der Waals surface area contributed by atoms with Crippen molar-refractivity contribution in [2.75, 3.05) is 19.3 Å². The van der Waals surface area contributed by atoms with E-state index in [9.17, 15) is 18.9 Å². The molecule has 136 valence electrons. The summed E-state index contributed by atoms with van der Waals surface area (Å²) < 4.78 is 11.4. The number of urea groups is 1. The number of carbonyl (C=O) groups excluding carboxylic acids is 1. The van der Waals surface area contributed by atoms with Crippen molar-refractivity contribution >= 4 is 22.8 Å². The van der Waals surface area contributed by atoms with Crippen LogP contribution in [0.4, 0.5) is 4.79 Å². The summed E-state index contributed by atoms with van der Waals surface area (Å²) in [5, 5.41) is 12.6. The van der Waals surface area contributed by atoms with Crippen molar-refractivity contribution < 1.29 is 18.9 Å². The normalized spacial score (nSPS) is 27.6. The van der Waals surface area contributed by atoms with Crippen molar-refractivity contribution in [2.45, 2.75) is 37.1 Å². The van der Waals surface area contributed by atoms with Gasteiger partial charge >= 0.3 is 12.0 Å². The van der Waals surface area contributed by atoms with Gasteiger partial charge in [0.15, 0.2) is 0 Å². The van der Waals surface area contributed by atoms with E-state index < -0.39 is 22.2 Å². The van der Waals surface area contributed by atoms with Gasteiger partial charge in [-0.3, -0.25) is 9.00 Å². The minimum Gasteiger partial charge on any atom is -0.481 e. The Morgan fingerprint density at radius 1 is 1.36 bits per heavy atom. The molecule has 1 heterocycles. The second-order valence-corrected chi connectivity index (χ2v) is 8.50. The summed E-state index contributed by atoms with van der Waals surface area (Å²) >= 11 is 0. The molecule has 25 heavy (non-hydrogen) atoms. The molecule has 1 aliphatic carbocycles. The van der Waals surface area contributed by atoms with Crippen molar-refractivity contribution in [1.29, 1.82) is 0 Å². The number of likely N-dealkylation sites (tertiary alicyclic amines) is 1. The molecule has 7 heteroatoms. The zero-order valence-corrected chi connectivity index (χ0v) is 15.3. The first-order valence-corrected chi connectivity index (χ1v) is 10.1. The van der Waals surface area contributed by atoms with Crippen molar-refractivity contribution in [3.8, 4) is 0 Å². The molecule has 3 rings (SSSR count). The summed E-state index contributed by atoms with van der Waals surface area (Å²) in [6.45, 7) is 2.69. The second-order valence-electron chi connectivity index (χ2n) is 7.13. The average Bonchev–Trinajstić information content (AvgIpc) is 3.13. The fourth-order valence-corrected chi connectivity index (χ4v) is 4.62. The maximum atomic E-state index is 12.6. The van der Waals surface area contributed by atoms with E-state index in [1.54, 1.807) is 23.3 Å². The highest BCUT2D eigenvalue weighted by Crippen LogP contribution is 2.48. The monoisotopic (exact) mass is 364 g/mol. The average molecular weight is 364 g/mol. The molecule has 2 aliphatic rings. The predicted octanol–water partition coefficient (Wildman–Crippen LogP) is 2.38. The number of carbonyl (C=O) groups is 2. The standard InChI is InChI=1S/C18H24N2O4S/c1-12(13-5-7-15(8-6-13)25(2)24)19-17(23)20-10-14-4-3-9-18(14,11-20)16(21)22/h5-8,12,14H,3-4,9-11H2,1-2H3,(H,19,23)(H,21,22)/t12?,14-,18+,25?/m0/s1. The number of hydrogen-bond donors (Lipinski definition) is 2. The zero-order valence-electron chi connectivity index (χ0n) is 14.5. The van der Waals surface area contributed by atoms with E-state index in [2.05, 4.69) is 5.32 Å². The van der Waals surface area contributed by atoms with E-state index in [1.165, 1.54) is 0 Å². The molecule has 1 aliphatic heterocycles. The summed E-state index contributed by atoms with van der Waals surface area (Å²) in [7, 11) is -1.03. The Kier molecular flexibility index (Phi) is 4.86. The number of nitrogens with zero attached hydrogens (tertiary/aromatic N) is 1. The molecule has 0 aromatic heterocycles. The maximum Gasteiger partial charge on any atom is 0.317 e. The molecular weight excluding hydrogens is 340 g/mol. The Morgan fingerprint density at radius 3 is 2.60 bits per heavy atom. The van der Waals surface area contributed by atoms with Crippen LogP contribution in [-0.2, 0) is 15.6 Å². The number of nitrogens with one attached hydrogen (secondary N) is 1. The van der Waals surface area contributed by atoms with Crippen LogP contribution in [0.3, 0.4) is 0 Å². The molecule has 0 spiro atoms. The molecule has 1 aromatic rings. The van der Waals surface area contributed by atoms with Crippen LogP contribution in [0.2, 0.25) is 0 Å². The first-order valence-electron chi connectivity index (χ1n) is 8.56. The van der Waals surface area contributed by atoms with E-state index in [1.807, 2.05) is 19.1 Å². The van der Waals surface area contributed by atoms with Gasteiger partial charge < -0.3 is 15.3 Å². The van der Waals surface area contributed by atoms with Gasteiger partial charge in [-0.15, -0.1) is 0 Å². The quantitative estimate of drug-likeness (QED) is 0.859. The molecule has 2 unspecified atom stereocenters. The zero-order chi connectivity index (χ0) is 18.2. The van der Waals surface area contributed by atoms with Gasteiger partial charge in [-0.2, -0.15) is 0 Å². The van der Waals surface area contributed by atoms with Crippen molar-refractivity contribution in [3.05, 3.63) is 29.8 Å². The fraction of sp³-hybridized carbons (Fsp3) is 0.556. The molecule has 2 fully saturated rings. The third-order valence-corrected chi connectivity index (χ3v) is 6.57. The largest absolute Gasteiger partial charge is 0.481 e. The Balaban J connectivity index is 1.64. The third-order valence-electron chi connectivity index (χ3n) is 5.64. The number of aliphatic carboxylic acids is 1. The van der Waals surface area contributed by atoms with Crippen LogP contribution in [0, 0.1) is 11.3 Å². The number of rotatable bonds is 4. The molecular formula is C18H24N2O4S. The first kappa shape index (κ1) is 17.9. The van der Waals surface area contributed by atoms with Crippen molar-refractivity contribution in [2.24, 2.45) is 11.3 Å². The second kappa shape index (κ2) is 6.78. The third kappa shape index (κ3) is 3.29. The molecule has 0 radical (unpaired) electrons. The summed E-state index contributed by atoms with van der Waals surface area (Å²) in [5.41, 5.74) is 0.169. The van der Waals surface area contributed by atoms with Gasteiger partial charge in [-0.1, -0.05) is 18.6 Å². The van der Waals surface area contributed by atoms with Gasteiger partial charge in [0, 0.05) is 35.0 Å².